The Morgan fingerprint density at radius 1 is 1.00 bits per heavy atom. The maximum Gasteiger partial charge on any atom is 0.355 e. The molecule has 0 aliphatic carbocycles. The monoisotopic (exact) mass is 371 g/mol. The van der Waals surface area contributed by atoms with E-state index in [0.717, 1.165) is 12.8 Å². The van der Waals surface area contributed by atoms with Crippen molar-refractivity contribution in [2.45, 2.75) is 32.8 Å². The minimum absolute atomic E-state index is 0.0471. The van der Waals surface area contributed by atoms with Gasteiger partial charge in [-0.3, -0.25) is 0 Å². The summed E-state index contributed by atoms with van der Waals surface area (Å²) in [4.78, 5) is 26.4. The van der Waals surface area contributed by atoms with Crippen molar-refractivity contribution in [1.29, 1.82) is 0 Å². The Labute approximate surface area is 159 Å². The second-order valence-electron chi connectivity index (χ2n) is 5.84. The smallest absolute Gasteiger partial charge is 0.355 e. The molecule has 0 amide bonds. The van der Waals surface area contributed by atoms with Crippen molar-refractivity contribution in [1.82, 2.24) is 0 Å². The maximum atomic E-state index is 12.5. The number of benzene rings is 1. The van der Waals surface area contributed by atoms with Crippen LogP contribution in [0.5, 0.6) is 5.75 Å². The summed E-state index contributed by atoms with van der Waals surface area (Å²) in [5.74, 6) is -0.661. The number of anilines is 1. The van der Waals surface area contributed by atoms with Gasteiger partial charge in [0.2, 0.25) is 0 Å². The average molecular weight is 371 g/mol. The highest BCUT2D eigenvalue weighted by molar-refractivity contribution is 6.05. The van der Waals surface area contributed by atoms with Crippen molar-refractivity contribution in [2.24, 2.45) is 0 Å². The predicted octanol–water partition coefficient (Wildman–Crippen LogP) is 3.74. The number of esters is 2. The molecule has 1 heterocycles. The van der Waals surface area contributed by atoms with E-state index in [4.69, 9.17) is 14.2 Å². The summed E-state index contributed by atoms with van der Waals surface area (Å²) in [5, 5.41) is 0. The molecule has 1 aromatic carbocycles. The lowest BCUT2D eigenvalue weighted by Gasteiger charge is -2.26. The fraction of sp³-hybridized carbons (Fsp3) is 0.333. The molecule has 6 nitrogen and oxygen atoms in total. The standard InChI is InChI=1S/C21H25NO5/c1-5-15(6-2)27-18-13-8-7-12-17(18)22-14-10-9-11-16(20(23)25-3)19(22)21(24)26-4/h7-15H,5-6H2,1-4H3. The van der Waals surface area contributed by atoms with Crippen LogP contribution in [-0.2, 0) is 19.1 Å². The van der Waals surface area contributed by atoms with E-state index in [1.54, 1.807) is 23.3 Å². The summed E-state index contributed by atoms with van der Waals surface area (Å²) in [6.07, 6.45) is 8.37. The Balaban J connectivity index is 2.61. The van der Waals surface area contributed by atoms with Gasteiger partial charge in [-0.1, -0.05) is 32.1 Å². The van der Waals surface area contributed by atoms with E-state index in [2.05, 4.69) is 13.8 Å². The number of rotatable bonds is 7. The van der Waals surface area contributed by atoms with Crippen LogP contribution in [0.3, 0.4) is 0 Å². The van der Waals surface area contributed by atoms with Gasteiger partial charge in [-0.2, -0.15) is 0 Å². The zero-order valence-electron chi connectivity index (χ0n) is 16.1. The summed E-state index contributed by atoms with van der Waals surface area (Å²) in [6, 6.07) is 7.37. The first kappa shape index (κ1) is 20.3. The third-order valence-electron chi connectivity index (χ3n) is 4.22. The number of methoxy groups -OCH3 is 2. The molecule has 144 valence electrons. The molecule has 0 radical (unpaired) electrons. The third kappa shape index (κ3) is 4.58. The second-order valence-corrected chi connectivity index (χ2v) is 5.84. The fourth-order valence-electron chi connectivity index (χ4n) is 2.74. The lowest BCUT2D eigenvalue weighted by atomic mass is 10.1. The first-order chi connectivity index (χ1) is 13.1. The molecule has 0 atom stereocenters. The summed E-state index contributed by atoms with van der Waals surface area (Å²) < 4.78 is 15.9. The minimum Gasteiger partial charge on any atom is -0.488 e. The van der Waals surface area contributed by atoms with E-state index in [1.807, 2.05) is 24.3 Å². The van der Waals surface area contributed by atoms with E-state index >= 15 is 0 Å². The van der Waals surface area contributed by atoms with Gasteiger partial charge in [0.15, 0.2) is 0 Å². The maximum absolute atomic E-state index is 12.5. The van der Waals surface area contributed by atoms with Crippen LogP contribution in [0.2, 0.25) is 0 Å². The highest BCUT2D eigenvalue weighted by Crippen LogP contribution is 2.34. The van der Waals surface area contributed by atoms with Crippen molar-refractivity contribution in [2.75, 3.05) is 19.1 Å². The van der Waals surface area contributed by atoms with Crippen LogP contribution in [0, 0.1) is 0 Å². The van der Waals surface area contributed by atoms with Crippen molar-refractivity contribution < 1.29 is 23.8 Å². The fourth-order valence-corrected chi connectivity index (χ4v) is 2.74. The van der Waals surface area contributed by atoms with E-state index < -0.39 is 11.9 Å². The van der Waals surface area contributed by atoms with Crippen LogP contribution in [-0.4, -0.2) is 32.3 Å². The van der Waals surface area contributed by atoms with Crippen molar-refractivity contribution in [3.8, 4) is 5.75 Å². The summed E-state index contributed by atoms with van der Waals surface area (Å²) in [5.41, 5.74) is 0.799. The van der Waals surface area contributed by atoms with E-state index in [9.17, 15) is 9.59 Å². The van der Waals surface area contributed by atoms with Gasteiger partial charge < -0.3 is 19.1 Å². The molecule has 0 unspecified atom stereocenters. The minimum atomic E-state index is -0.649. The normalized spacial score (nSPS) is 13.6. The molecule has 1 aliphatic heterocycles. The highest BCUT2D eigenvalue weighted by Gasteiger charge is 2.29. The zero-order chi connectivity index (χ0) is 19.8. The third-order valence-corrected chi connectivity index (χ3v) is 4.22. The summed E-state index contributed by atoms with van der Waals surface area (Å²) in [7, 11) is 2.54. The molecule has 0 spiro atoms. The van der Waals surface area contributed by atoms with Gasteiger partial charge in [0, 0.05) is 6.20 Å². The lowest BCUT2D eigenvalue weighted by Crippen LogP contribution is -2.27. The highest BCUT2D eigenvalue weighted by atomic mass is 16.5. The van der Waals surface area contributed by atoms with Crippen LogP contribution >= 0.6 is 0 Å². The van der Waals surface area contributed by atoms with Gasteiger partial charge in [0.1, 0.15) is 11.4 Å². The SMILES string of the molecule is CCC(CC)Oc1ccccc1N1C=CC=CC(C(=O)OC)=C1C(=O)OC. The number of nitrogens with zero attached hydrogens (tertiary/aromatic N) is 1. The van der Waals surface area contributed by atoms with Gasteiger partial charge in [-0.25, -0.2) is 9.59 Å². The number of ether oxygens (including phenoxy) is 3. The first-order valence-corrected chi connectivity index (χ1v) is 8.87. The van der Waals surface area contributed by atoms with Gasteiger partial charge >= 0.3 is 11.9 Å². The lowest BCUT2D eigenvalue weighted by molar-refractivity contribution is -0.139. The van der Waals surface area contributed by atoms with E-state index in [0.29, 0.717) is 11.4 Å². The second kappa shape index (κ2) is 9.62. The number of carbonyl (C=O) groups excluding carboxylic acids is 2. The molecule has 2 rings (SSSR count). The first-order valence-electron chi connectivity index (χ1n) is 8.87. The van der Waals surface area contributed by atoms with Crippen LogP contribution in [0.4, 0.5) is 5.69 Å². The molecule has 1 aliphatic rings. The quantitative estimate of drug-likeness (QED) is 0.680. The van der Waals surface area contributed by atoms with Gasteiger partial charge in [-0.05, 0) is 37.1 Å². The number of hydrogen-bond acceptors (Lipinski definition) is 6. The van der Waals surface area contributed by atoms with Gasteiger partial charge in [0.25, 0.3) is 0 Å². The zero-order valence-corrected chi connectivity index (χ0v) is 16.1. The van der Waals surface area contributed by atoms with Crippen molar-refractivity contribution >= 4 is 17.6 Å². The number of para-hydroxylation sites is 2. The molecular weight excluding hydrogens is 346 g/mol. The molecule has 6 heteroatoms. The molecule has 0 saturated carbocycles. The van der Waals surface area contributed by atoms with Crippen molar-refractivity contribution in [3.05, 3.63) is 60.0 Å². The molecular formula is C21H25NO5. The van der Waals surface area contributed by atoms with Gasteiger partial charge in [-0.15, -0.1) is 0 Å². The largest absolute Gasteiger partial charge is 0.488 e. The molecule has 0 saturated heterocycles. The van der Waals surface area contributed by atoms with Crippen LogP contribution in [0.15, 0.2) is 60.0 Å². The number of allylic oxidation sites excluding steroid dienone is 2. The Hall–Kier alpha value is -3.02. The Morgan fingerprint density at radius 3 is 2.30 bits per heavy atom. The van der Waals surface area contributed by atoms with Crippen molar-refractivity contribution in [3.63, 3.8) is 0 Å². The Kier molecular flexibility index (Phi) is 7.23. The molecule has 0 N–H and O–H groups in total. The topological polar surface area (TPSA) is 65.1 Å². The number of hydrogen-bond donors (Lipinski definition) is 0. The summed E-state index contributed by atoms with van der Waals surface area (Å²) in [6.45, 7) is 4.11. The predicted molar refractivity (Wildman–Crippen MR) is 103 cm³/mol. The Morgan fingerprint density at radius 2 is 1.67 bits per heavy atom. The van der Waals surface area contributed by atoms with Crippen LogP contribution in [0.25, 0.3) is 0 Å². The average Bonchev–Trinajstić information content (AvgIpc) is 2.94. The van der Waals surface area contributed by atoms with Crippen LogP contribution < -0.4 is 9.64 Å². The molecule has 1 aromatic rings. The van der Waals surface area contributed by atoms with E-state index in [1.165, 1.54) is 20.3 Å². The molecule has 0 fully saturated rings. The van der Waals surface area contributed by atoms with Gasteiger partial charge in [0.05, 0.1) is 31.6 Å². The van der Waals surface area contributed by atoms with E-state index in [-0.39, 0.29) is 17.4 Å². The van der Waals surface area contributed by atoms with Crippen LogP contribution in [0.1, 0.15) is 26.7 Å². The molecule has 27 heavy (non-hydrogen) atoms. The number of carbonyl (C=O) groups is 2. The Bertz CT molecular complexity index is 775. The molecule has 0 aromatic heterocycles. The summed E-state index contributed by atoms with van der Waals surface area (Å²) >= 11 is 0. The molecule has 0 bridgehead atoms.